The fraction of sp³-hybridized carbons (Fsp3) is 0.0541. The van der Waals surface area contributed by atoms with Gasteiger partial charge in [-0.2, -0.15) is 0 Å². The summed E-state index contributed by atoms with van der Waals surface area (Å²) in [6.07, 6.45) is 4.09. The van der Waals surface area contributed by atoms with E-state index in [0.717, 1.165) is 89.1 Å². The number of rotatable bonds is 9. The first-order valence-corrected chi connectivity index (χ1v) is 26.9. The second kappa shape index (κ2) is 17.9. The van der Waals surface area contributed by atoms with Gasteiger partial charge in [-0.25, -0.2) is 0 Å². The Morgan fingerprint density at radius 2 is 0.885 bits per heavy atom. The van der Waals surface area contributed by atoms with Crippen molar-refractivity contribution in [3.05, 3.63) is 283 Å². The molecule has 0 N–H and O–H groups in total. The lowest BCUT2D eigenvalue weighted by molar-refractivity contribution is 0.601. The molecular formula is C74H52N2O2. The number of allylic oxidation sites excluding steroid dienone is 1. The van der Waals surface area contributed by atoms with Gasteiger partial charge in [0, 0.05) is 73.1 Å². The van der Waals surface area contributed by atoms with E-state index in [2.05, 4.69) is 266 Å². The molecule has 0 unspecified atom stereocenters. The summed E-state index contributed by atoms with van der Waals surface area (Å²) in [5.74, 6) is 0.880. The van der Waals surface area contributed by atoms with E-state index in [0.29, 0.717) is 0 Å². The van der Waals surface area contributed by atoms with Crippen molar-refractivity contribution in [3.8, 4) is 22.3 Å². The molecule has 0 amide bonds. The summed E-state index contributed by atoms with van der Waals surface area (Å²) in [5.41, 5.74) is 18.3. The Morgan fingerprint density at radius 3 is 1.59 bits per heavy atom. The molecule has 0 radical (unpaired) electrons. The molecule has 370 valence electrons. The van der Waals surface area contributed by atoms with Gasteiger partial charge < -0.3 is 18.6 Å². The van der Waals surface area contributed by atoms with Crippen LogP contribution in [0.5, 0.6) is 0 Å². The van der Waals surface area contributed by atoms with E-state index >= 15 is 0 Å². The monoisotopic (exact) mass is 1000 g/mol. The minimum absolute atomic E-state index is 0.539. The quantitative estimate of drug-likeness (QED) is 0.135. The normalized spacial score (nSPS) is 12.9. The molecule has 2 heterocycles. The molecule has 0 aliphatic heterocycles. The maximum atomic E-state index is 6.62. The summed E-state index contributed by atoms with van der Waals surface area (Å²) in [6.45, 7) is 6.64. The molecule has 4 heteroatoms. The highest BCUT2D eigenvalue weighted by Gasteiger charge is 2.43. The predicted molar refractivity (Wildman–Crippen MR) is 328 cm³/mol. The number of benzene rings is 12. The third-order valence-corrected chi connectivity index (χ3v) is 16.6. The molecule has 0 atom stereocenters. The standard InChI is InChI=1S/C74H52N2O2/c1-4-21-69-47(2)54-40-38-53(45-71(54)77-69)76(50-24-9-6-10-25-50)68-46-65(73(62-32-14-13-30-59(62)68)74(3)66-33-18-15-28-57(66)58-29-16-19-34-67(58)74)64-42-48-36-37-51(43-63(48)55-26-11-12-27-56(55)64)75(49-22-7-5-8-23-49)52-39-41-61-60-31-17-20-35-70(60)78-72(61)44-52/h4-46H,1-3H3/b21-4-. The van der Waals surface area contributed by atoms with Gasteiger partial charge in [0.25, 0.3) is 0 Å². The lowest BCUT2D eigenvalue weighted by Gasteiger charge is -2.35. The predicted octanol–water partition coefficient (Wildman–Crippen LogP) is 21.1. The molecule has 0 spiro atoms. The van der Waals surface area contributed by atoms with Crippen LogP contribution in [-0.4, -0.2) is 0 Å². The zero-order valence-corrected chi connectivity index (χ0v) is 43.5. The zero-order valence-electron chi connectivity index (χ0n) is 43.5. The van der Waals surface area contributed by atoms with Crippen molar-refractivity contribution in [2.24, 2.45) is 0 Å². The first kappa shape index (κ1) is 45.5. The number of nitrogens with zero attached hydrogens (tertiary/aromatic N) is 2. The Labute approximate surface area is 453 Å². The van der Waals surface area contributed by atoms with Gasteiger partial charge in [0.1, 0.15) is 22.5 Å². The van der Waals surface area contributed by atoms with Gasteiger partial charge in [0.2, 0.25) is 0 Å². The van der Waals surface area contributed by atoms with E-state index < -0.39 is 5.41 Å². The molecule has 1 aliphatic rings. The first-order valence-electron chi connectivity index (χ1n) is 26.9. The van der Waals surface area contributed by atoms with Crippen LogP contribution in [0.15, 0.2) is 264 Å². The summed E-state index contributed by atoms with van der Waals surface area (Å²) >= 11 is 0. The van der Waals surface area contributed by atoms with Crippen LogP contribution in [0.1, 0.15) is 41.9 Å². The number of hydrogen-bond acceptors (Lipinski definition) is 4. The third kappa shape index (κ3) is 6.93. The van der Waals surface area contributed by atoms with Crippen LogP contribution in [-0.2, 0) is 5.41 Å². The molecule has 0 bridgehead atoms. The Balaban J connectivity index is 1.01. The minimum Gasteiger partial charge on any atom is -0.456 e. The topological polar surface area (TPSA) is 32.8 Å². The van der Waals surface area contributed by atoms with E-state index in [1.807, 2.05) is 25.1 Å². The molecule has 0 saturated heterocycles. The number of anilines is 6. The average Bonchev–Trinajstić information content (AvgIpc) is 3.63. The zero-order chi connectivity index (χ0) is 52.1. The summed E-state index contributed by atoms with van der Waals surface area (Å²) in [7, 11) is 0. The highest BCUT2D eigenvalue weighted by molar-refractivity contribution is 6.17. The molecule has 14 aromatic rings. The highest BCUT2D eigenvalue weighted by Crippen LogP contribution is 2.58. The number of furan rings is 2. The van der Waals surface area contributed by atoms with Crippen molar-refractivity contribution in [2.45, 2.75) is 26.2 Å². The second-order valence-corrected chi connectivity index (χ2v) is 20.8. The van der Waals surface area contributed by atoms with Gasteiger partial charge in [-0.05, 0) is 172 Å². The van der Waals surface area contributed by atoms with Gasteiger partial charge in [0.05, 0.1) is 5.69 Å². The van der Waals surface area contributed by atoms with Crippen LogP contribution in [0.3, 0.4) is 0 Å². The summed E-state index contributed by atoms with van der Waals surface area (Å²) in [5, 5.41) is 10.4. The lowest BCUT2D eigenvalue weighted by atomic mass is 9.69. The maximum Gasteiger partial charge on any atom is 0.137 e. The number of aryl methyl sites for hydroxylation is 1. The van der Waals surface area contributed by atoms with E-state index in [1.54, 1.807) is 0 Å². The Bertz CT molecular complexity index is 4690. The molecule has 0 saturated carbocycles. The average molecular weight is 1000 g/mol. The number of para-hydroxylation sites is 3. The van der Waals surface area contributed by atoms with Crippen LogP contribution in [0.4, 0.5) is 34.1 Å². The summed E-state index contributed by atoms with van der Waals surface area (Å²) in [6, 6.07) is 91.1. The van der Waals surface area contributed by atoms with Gasteiger partial charge in [0.15, 0.2) is 0 Å². The molecule has 12 aromatic carbocycles. The molecule has 2 aromatic heterocycles. The van der Waals surface area contributed by atoms with Crippen molar-refractivity contribution in [1.82, 2.24) is 0 Å². The van der Waals surface area contributed by atoms with Crippen molar-refractivity contribution < 1.29 is 8.83 Å². The Hall–Kier alpha value is -9.90. The fourth-order valence-electron chi connectivity index (χ4n) is 13.0. The lowest BCUT2D eigenvalue weighted by Crippen LogP contribution is -2.24. The summed E-state index contributed by atoms with van der Waals surface area (Å²) in [4.78, 5) is 4.77. The van der Waals surface area contributed by atoms with Crippen LogP contribution < -0.4 is 9.80 Å². The molecule has 0 fully saturated rings. The van der Waals surface area contributed by atoms with Crippen molar-refractivity contribution in [1.29, 1.82) is 0 Å². The van der Waals surface area contributed by atoms with E-state index in [9.17, 15) is 0 Å². The Morgan fingerprint density at radius 1 is 0.359 bits per heavy atom. The van der Waals surface area contributed by atoms with Gasteiger partial charge in [-0.1, -0.05) is 164 Å². The fourth-order valence-corrected chi connectivity index (χ4v) is 13.0. The number of hydrogen-bond donors (Lipinski definition) is 0. The van der Waals surface area contributed by atoms with Crippen molar-refractivity contribution >= 4 is 105 Å². The second-order valence-electron chi connectivity index (χ2n) is 20.8. The molecule has 15 rings (SSSR count). The first-order chi connectivity index (χ1) is 38.4. The minimum atomic E-state index is -0.539. The van der Waals surface area contributed by atoms with E-state index in [1.165, 1.54) is 60.5 Å². The van der Waals surface area contributed by atoms with E-state index in [4.69, 9.17) is 8.83 Å². The molecular weight excluding hydrogens is 949 g/mol. The Kier molecular flexibility index (Phi) is 10.4. The van der Waals surface area contributed by atoms with Crippen LogP contribution >= 0.6 is 0 Å². The molecule has 1 aliphatic carbocycles. The van der Waals surface area contributed by atoms with Crippen molar-refractivity contribution in [2.75, 3.05) is 9.80 Å². The number of fused-ring (bicyclic) bond motifs is 11. The smallest absolute Gasteiger partial charge is 0.137 e. The SMILES string of the molecule is C/C=C\c1oc2cc(N(c3ccccc3)c3cc(-c4cc5ccc(N(c6ccccc6)c6ccc7c(c6)oc6ccccc67)cc5c5ccccc45)c(C4(C)c5ccccc5-c5ccccc54)c4ccccc34)ccc2c1C. The molecule has 78 heavy (non-hydrogen) atoms. The third-order valence-electron chi connectivity index (χ3n) is 16.6. The van der Waals surface area contributed by atoms with Crippen molar-refractivity contribution in [3.63, 3.8) is 0 Å². The maximum absolute atomic E-state index is 6.62. The van der Waals surface area contributed by atoms with Crippen LogP contribution in [0.25, 0.3) is 93.6 Å². The van der Waals surface area contributed by atoms with Crippen LogP contribution in [0, 0.1) is 6.92 Å². The van der Waals surface area contributed by atoms with Gasteiger partial charge >= 0.3 is 0 Å². The van der Waals surface area contributed by atoms with Crippen LogP contribution in [0.2, 0.25) is 0 Å². The molecule has 4 nitrogen and oxygen atoms in total. The van der Waals surface area contributed by atoms with Gasteiger partial charge in [-0.3, -0.25) is 0 Å². The highest BCUT2D eigenvalue weighted by atomic mass is 16.3. The largest absolute Gasteiger partial charge is 0.456 e. The van der Waals surface area contributed by atoms with E-state index in [-0.39, 0.29) is 0 Å². The van der Waals surface area contributed by atoms with Gasteiger partial charge in [-0.15, -0.1) is 0 Å². The summed E-state index contributed by atoms with van der Waals surface area (Å²) < 4.78 is 13.1.